The molecule has 0 saturated heterocycles. The van der Waals surface area contributed by atoms with Gasteiger partial charge >= 0.3 is 6.16 Å². The molecular weight excluding hydrogens is 270 g/mol. The molecule has 0 atom stereocenters. The fourth-order valence-corrected chi connectivity index (χ4v) is 1.97. The highest BCUT2D eigenvalue weighted by atomic mass is 16.7. The third kappa shape index (κ3) is 3.95. The highest BCUT2D eigenvalue weighted by Gasteiger charge is 2.25. The minimum absolute atomic E-state index is 0.0682. The number of hydrogen-bond acceptors (Lipinski definition) is 4. The van der Waals surface area contributed by atoms with E-state index in [1.54, 1.807) is 30.3 Å². The number of nitrogens with zero attached hydrogens (tertiary/aromatic N) is 1. The molecule has 21 heavy (non-hydrogen) atoms. The Balaban J connectivity index is 2.08. The van der Waals surface area contributed by atoms with Gasteiger partial charge in [0, 0.05) is 12.1 Å². The first-order valence-corrected chi connectivity index (χ1v) is 6.75. The van der Waals surface area contributed by atoms with Crippen LogP contribution in [0, 0.1) is 0 Å². The van der Waals surface area contributed by atoms with Gasteiger partial charge in [-0.2, -0.15) is 0 Å². The van der Waals surface area contributed by atoms with E-state index in [1.165, 1.54) is 11.0 Å². The maximum absolute atomic E-state index is 12.4. The maximum atomic E-state index is 12.4. The molecule has 1 amide bonds. The van der Waals surface area contributed by atoms with Crippen molar-refractivity contribution in [1.82, 2.24) is 4.90 Å². The van der Waals surface area contributed by atoms with Crippen molar-refractivity contribution in [3.8, 4) is 0 Å². The Morgan fingerprint density at radius 1 is 1.29 bits per heavy atom. The van der Waals surface area contributed by atoms with Gasteiger partial charge in [-0.3, -0.25) is 9.69 Å². The summed E-state index contributed by atoms with van der Waals surface area (Å²) in [6.07, 6.45) is 3.91. The van der Waals surface area contributed by atoms with Gasteiger partial charge in [-0.05, 0) is 31.1 Å². The standard InChI is InChI=1S/C16H17NO4/c1-2-12-20-16(19)21-14-10-6-7-11-17(14)15(18)13-8-4-3-5-9-13/h2-5,8-10H,1,6-7,11-12H2. The molecule has 0 bridgehead atoms. The Kier molecular flexibility index (Phi) is 5.15. The minimum atomic E-state index is -0.839. The second kappa shape index (κ2) is 7.28. The van der Waals surface area contributed by atoms with E-state index < -0.39 is 6.16 Å². The summed E-state index contributed by atoms with van der Waals surface area (Å²) in [5, 5.41) is 0. The zero-order chi connectivity index (χ0) is 15.1. The number of rotatable bonds is 4. The van der Waals surface area contributed by atoms with Crippen molar-refractivity contribution < 1.29 is 19.1 Å². The van der Waals surface area contributed by atoms with E-state index in [0.29, 0.717) is 12.1 Å². The number of allylic oxidation sites excluding steroid dienone is 1. The molecule has 0 aliphatic carbocycles. The summed E-state index contributed by atoms with van der Waals surface area (Å²) >= 11 is 0. The summed E-state index contributed by atoms with van der Waals surface area (Å²) in [4.78, 5) is 25.4. The van der Waals surface area contributed by atoms with Crippen LogP contribution in [-0.2, 0) is 9.47 Å². The quantitative estimate of drug-likeness (QED) is 0.630. The lowest BCUT2D eigenvalue weighted by Gasteiger charge is -2.27. The Morgan fingerprint density at radius 2 is 2.05 bits per heavy atom. The second-order valence-corrected chi connectivity index (χ2v) is 4.46. The lowest BCUT2D eigenvalue weighted by molar-refractivity contribution is 0.0482. The van der Waals surface area contributed by atoms with Crippen LogP contribution in [0.5, 0.6) is 0 Å². The SMILES string of the molecule is C=CCOC(=O)OC1=CCCCN1C(=O)c1ccccc1. The molecule has 0 unspecified atom stereocenters. The topological polar surface area (TPSA) is 55.8 Å². The van der Waals surface area contributed by atoms with Gasteiger partial charge in [-0.25, -0.2) is 4.79 Å². The van der Waals surface area contributed by atoms with Gasteiger partial charge in [-0.1, -0.05) is 30.9 Å². The van der Waals surface area contributed by atoms with Crippen LogP contribution in [-0.4, -0.2) is 30.1 Å². The van der Waals surface area contributed by atoms with E-state index in [0.717, 1.165) is 12.8 Å². The number of amides is 1. The number of carbonyl (C=O) groups excluding carboxylic acids is 2. The van der Waals surface area contributed by atoms with Crippen LogP contribution in [0.3, 0.4) is 0 Å². The van der Waals surface area contributed by atoms with Crippen LogP contribution in [0.15, 0.2) is 54.9 Å². The van der Waals surface area contributed by atoms with Crippen molar-refractivity contribution in [3.63, 3.8) is 0 Å². The smallest absolute Gasteiger partial charge is 0.430 e. The molecule has 2 rings (SSSR count). The monoisotopic (exact) mass is 287 g/mol. The summed E-state index contributed by atoms with van der Waals surface area (Å²) in [5.74, 6) is 0.0298. The van der Waals surface area contributed by atoms with Gasteiger partial charge in [-0.15, -0.1) is 0 Å². The highest BCUT2D eigenvalue weighted by molar-refractivity contribution is 5.95. The first-order valence-electron chi connectivity index (χ1n) is 6.75. The Hall–Kier alpha value is -2.56. The molecule has 0 spiro atoms. The van der Waals surface area contributed by atoms with Crippen LogP contribution in [0.25, 0.3) is 0 Å². The van der Waals surface area contributed by atoms with Gasteiger partial charge < -0.3 is 9.47 Å². The molecule has 1 aliphatic rings. The lowest BCUT2D eigenvalue weighted by Crippen LogP contribution is -2.35. The summed E-state index contributed by atoms with van der Waals surface area (Å²) in [7, 11) is 0. The van der Waals surface area contributed by atoms with Gasteiger partial charge in [0.25, 0.3) is 5.91 Å². The fourth-order valence-electron chi connectivity index (χ4n) is 1.97. The van der Waals surface area contributed by atoms with Crippen LogP contribution in [0.1, 0.15) is 23.2 Å². The molecule has 0 aromatic heterocycles. The molecule has 0 radical (unpaired) electrons. The first kappa shape index (κ1) is 14.8. The van der Waals surface area contributed by atoms with E-state index in [9.17, 15) is 9.59 Å². The average molecular weight is 287 g/mol. The van der Waals surface area contributed by atoms with E-state index in [1.807, 2.05) is 6.07 Å². The predicted molar refractivity (Wildman–Crippen MR) is 77.4 cm³/mol. The Morgan fingerprint density at radius 3 is 2.76 bits per heavy atom. The largest absolute Gasteiger partial charge is 0.515 e. The normalized spacial score (nSPS) is 14.1. The average Bonchev–Trinajstić information content (AvgIpc) is 2.53. The first-order chi connectivity index (χ1) is 10.2. The molecule has 0 fully saturated rings. The molecular formula is C16H17NO4. The van der Waals surface area contributed by atoms with Crippen molar-refractivity contribution in [2.24, 2.45) is 0 Å². The van der Waals surface area contributed by atoms with Crippen LogP contribution >= 0.6 is 0 Å². The fraction of sp³-hybridized carbons (Fsp3) is 0.250. The van der Waals surface area contributed by atoms with Crippen molar-refractivity contribution >= 4 is 12.1 Å². The van der Waals surface area contributed by atoms with Crippen LogP contribution in [0.4, 0.5) is 4.79 Å². The summed E-state index contributed by atoms with van der Waals surface area (Å²) < 4.78 is 9.88. The van der Waals surface area contributed by atoms with Crippen molar-refractivity contribution in [3.05, 3.63) is 60.5 Å². The molecule has 5 nitrogen and oxygen atoms in total. The number of ether oxygens (including phenoxy) is 2. The molecule has 1 aromatic carbocycles. The third-order valence-corrected chi connectivity index (χ3v) is 2.94. The molecule has 110 valence electrons. The summed E-state index contributed by atoms with van der Waals surface area (Å²) in [6, 6.07) is 8.88. The molecule has 0 saturated carbocycles. The number of carbonyl (C=O) groups is 2. The minimum Gasteiger partial charge on any atom is -0.430 e. The Bertz CT molecular complexity index is 551. The molecule has 1 heterocycles. The van der Waals surface area contributed by atoms with Crippen molar-refractivity contribution in [2.45, 2.75) is 12.8 Å². The molecule has 5 heteroatoms. The maximum Gasteiger partial charge on any atom is 0.515 e. The summed E-state index contributed by atoms with van der Waals surface area (Å²) in [6.45, 7) is 4.03. The molecule has 1 aliphatic heterocycles. The van der Waals surface area contributed by atoms with Crippen LogP contribution in [0.2, 0.25) is 0 Å². The van der Waals surface area contributed by atoms with Crippen molar-refractivity contribution in [2.75, 3.05) is 13.2 Å². The summed E-state index contributed by atoms with van der Waals surface area (Å²) in [5.41, 5.74) is 0.549. The Labute approximate surface area is 123 Å². The number of hydrogen-bond donors (Lipinski definition) is 0. The second-order valence-electron chi connectivity index (χ2n) is 4.46. The van der Waals surface area contributed by atoms with Gasteiger partial charge in [0.05, 0.1) is 0 Å². The third-order valence-electron chi connectivity index (χ3n) is 2.94. The molecule has 0 N–H and O–H groups in total. The number of benzene rings is 1. The predicted octanol–water partition coefficient (Wildman–Crippen LogP) is 3.10. The van der Waals surface area contributed by atoms with E-state index in [4.69, 9.17) is 9.47 Å². The van der Waals surface area contributed by atoms with Gasteiger partial charge in [0.15, 0.2) is 0 Å². The van der Waals surface area contributed by atoms with Crippen LogP contribution < -0.4 is 0 Å². The van der Waals surface area contributed by atoms with E-state index in [2.05, 4.69) is 6.58 Å². The zero-order valence-electron chi connectivity index (χ0n) is 11.7. The van der Waals surface area contributed by atoms with E-state index >= 15 is 0 Å². The zero-order valence-corrected chi connectivity index (χ0v) is 11.7. The van der Waals surface area contributed by atoms with Gasteiger partial charge in [0.1, 0.15) is 6.61 Å². The molecule has 1 aromatic rings. The highest BCUT2D eigenvalue weighted by Crippen LogP contribution is 2.19. The van der Waals surface area contributed by atoms with E-state index in [-0.39, 0.29) is 18.4 Å². The lowest BCUT2D eigenvalue weighted by atomic mass is 10.1. The van der Waals surface area contributed by atoms with Crippen molar-refractivity contribution in [1.29, 1.82) is 0 Å². The van der Waals surface area contributed by atoms with Gasteiger partial charge in [0.2, 0.25) is 5.88 Å².